The van der Waals surface area contributed by atoms with Gasteiger partial charge in [-0.3, -0.25) is 0 Å². The summed E-state index contributed by atoms with van der Waals surface area (Å²) >= 11 is 0. The lowest BCUT2D eigenvalue weighted by Gasteiger charge is -2.25. The van der Waals surface area contributed by atoms with Crippen molar-refractivity contribution in [1.29, 1.82) is 0 Å². The topological polar surface area (TPSA) is 71.2 Å². The van der Waals surface area contributed by atoms with Gasteiger partial charge in [-0.2, -0.15) is 4.98 Å². The molecule has 88 valence electrons. The van der Waals surface area contributed by atoms with E-state index in [2.05, 4.69) is 15.5 Å². The molecule has 0 bridgehead atoms. The predicted molar refractivity (Wildman–Crippen MR) is 61.5 cm³/mol. The number of phenols is 1. The highest BCUT2D eigenvalue weighted by molar-refractivity contribution is 5.53. The van der Waals surface area contributed by atoms with E-state index in [0.29, 0.717) is 11.8 Å². The summed E-state index contributed by atoms with van der Waals surface area (Å²) < 4.78 is 5.20. The molecule has 5 heteroatoms. The SMILES string of the molecule is Oc1ccc(-c2nc(CC3CNC3)no2)cc1. The maximum Gasteiger partial charge on any atom is 0.257 e. The summed E-state index contributed by atoms with van der Waals surface area (Å²) in [6.07, 6.45) is 0.856. The van der Waals surface area contributed by atoms with Gasteiger partial charge in [-0.1, -0.05) is 5.16 Å². The first-order chi connectivity index (χ1) is 8.31. The second kappa shape index (κ2) is 4.18. The third-order valence-corrected chi connectivity index (χ3v) is 2.92. The van der Waals surface area contributed by atoms with Crippen molar-refractivity contribution >= 4 is 0 Å². The average molecular weight is 231 g/mol. The van der Waals surface area contributed by atoms with Crippen molar-refractivity contribution in [3.8, 4) is 17.2 Å². The van der Waals surface area contributed by atoms with E-state index < -0.39 is 0 Å². The molecule has 5 nitrogen and oxygen atoms in total. The Morgan fingerprint density at radius 3 is 2.71 bits per heavy atom. The van der Waals surface area contributed by atoms with E-state index in [0.717, 1.165) is 30.9 Å². The molecule has 0 amide bonds. The quantitative estimate of drug-likeness (QED) is 0.830. The smallest absolute Gasteiger partial charge is 0.257 e. The molecule has 1 fully saturated rings. The van der Waals surface area contributed by atoms with Crippen LogP contribution in [0.15, 0.2) is 28.8 Å². The van der Waals surface area contributed by atoms with Gasteiger partial charge in [0.25, 0.3) is 5.89 Å². The summed E-state index contributed by atoms with van der Waals surface area (Å²) in [5.74, 6) is 2.11. The predicted octanol–water partition coefficient (Wildman–Crippen LogP) is 1.20. The molecule has 2 aromatic rings. The van der Waals surface area contributed by atoms with Gasteiger partial charge in [-0.15, -0.1) is 0 Å². The Hall–Kier alpha value is -1.88. The monoisotopic (exact) mass is 231 g/mol. The van der Waals surface area contributed by atoms with Crippen LogP contribution < -0.4 is 5.32 Å². The van der Waals surface area contributed by atoms with Crippen LogP contribution in [0.1, 0.15) is 5.82 Å². The number of nitrogens with one attached hydrogen (secondary N) is 1. The van der Waals surface area contributed by atoms with E-state index in [1.807, 2.05) is 0 Å². The minimum absolute atomic E-state index is 0.231. The van der Waals surface area contributed by atoms with E-state index in [-0.39, 0.29) is 5.75 Å². The molecule has 0 atom stereocenters. The summed E-state index contributed by atoms with van der Waals surface area (Å²) in [6.45, 7) is 2.06. The molecular weight excluding hydrogens is 218 g/mol. The van der Waals surface area contributed by atoms with Crippen LogP contribution in [-0.2, 0) is 6.42 Å². The number of hydrogen-bond donors (Lipinski definition) is 2. The fourth-order valence-electron chi connectivity index (χ4n) is 1.81. The van der Waals surface area contributed by atoms with E-state index in [1.165, 1.54) is 0 Å². The maximum atomic E-state index is 9.19. The zero-order chi connectivity index (χ0) is 11.7. The van der Waals surface area contributed by atoms with Crippen molar-refractivity contribution in [2.75, 3.05) is 13.1 Å². The number of phenolic OH excluding ortho intramolecular Hbond substituents is 1. The molecule has 1 aliphatic rings. The van der Waals surface area contributed by atoms with Gasteiger partial charge >= 0.3 is 0 Å². The number of aromatic hydroxyl groups is 1. The molecule has 17 heavy (non-hydrogen) atoms. The molecule has 1 aromatic heterocycles. The molecule has 1 aliphatic heterocycles. The first-order valence-corrected chi connectivity index (χ1v) is 5.64. The number of nitrogens with zero attached hydrogens (tertiary/aromatic N) is 2. The van der Waals surface area contributed by atoms with E-state index in [4.69, 9.17) is 4.52 Å². The van der Waals surface area contributed by atoms with E-state index in [9.17, 15) is 5.11 Å². The van der Waals surface area contributed by atoms with Crippen LogP contribution in [0.2, 0.25) is 0 Å². The highest BCUT2D eigenvalue weighted by Crippen LogP contribution is 2.21. The van der Waals surface area contributed by atoms with E-state index >= 15 is 0 Å². The van der Waals surface area contributed by atoms with Crippen molar-refractivity contribution in [2.45, 2.75) is 6.42 Å². The fraction of sp³-hybridized carbons (Fsp3) is 0.333. The summed E-state index contributed by atoms with van der Waals surface area (Å²) in [6, 6.07) is 6.74. The lowest BCUT2D eigenvalue weighted by Crippen LogP contribution is -2.43. The molecule has 0 radical (unpaired) electrons. The van der Waals surface area contributed by atoms with Crippen LogP contribution in [0, 0.1) is 5.92 Å². The third-order valence-electron chi connectivity index (χ3n) is 2.92. The van der Waals surface area contributed by atoms with Gasteiger partial charge < -0.3 is 14.9 Å². The standard InChI is InChI=1S/C12H13N3O2/c16-10-3-1-9(2-4-10)12-14-11(15-17-12)5-8-6-13-7-8/h1-4,8,13,16H,5-7H2. The number of aromatic nitrogens is 2. The molecular formula is C12H13N3O2. The summed E-state index contributed by atoms with van der Waals surface area (Å²) in [7, 11) is 0. The van der Waals surface area contributed by atoms with Gasteiger partial charge in [0.2, 0.25) is 0 Å². The summed E-state index contributed by atoms with van der Waals surface area (Å²) in [4.78, 5) is 4.34. The molecule has 2 N–H and O–H groups in total. The molecule has 0 spiro atoms. The highest BCUT2D eigenvalue weighted by Gasteiger charge is 2.20. The highest BCUT2D eigenvalue weighted by atomic mass is 16.5. The zero-order valence-corrected chi connectivity index (χ0v) is 9.26. The van der Waals surface area contributed by atoms with Gasteiger partial charge in [0, 0.05) is 12.0 Å². The molecule has 1 saturated heterocycles. The molecule has 0 aliphatic carbocycles. The molecule has 2 heterocycles. The van der Waals surface area contributed by atoms with Crippen molar-refractivity contribution in [3.63, 3.8) is 0 Å². The Morgan fingerprint density at radius 2 is 2.06 bits per heavy atom. The second-order valence-electron chi connectivity index (χ2n) is 4.29. The lowest BCUT2D eigenvalue weighted by molar-refractivity contribution is 0.333. The van der Waals surface area contributed by atoms with Crippen LogP contribution in [-0.4, -0.2) is 28.3 Å². The lowest BCUT2D eigenvalue weighted by atomic mass is 9.99. The Labute approximate surface area is 98.5 Å². The molecule has 1 aromatic carbocycles. The van der Waals surface area contributed by atoms with Crippen LogP contribution >= 0.6 is 0 Å². The van der Waals surface area contributed by atoms with Crippen molar-refractivity contribution in [3.05, 3.63) is 30.1 Å². The Morgan fingerprint density at radius 1 is 1.29 bits per heavy atom. The minimum Gasteiger partial charge on any atom is -0.508 e. The zero-order valence-electron chi connectivity index (χ0n) is 9.26. The van der Waals surface area contributed by atoms with Gasteiger partial charge in [0.1, 0.15) is 5.75 Å². The first kappa shape index (κ1) is 10.3. The summed E-state index contributed by atoms with van der Waals surface area (Å²) in [5, 5.41) is 16.4. The van der Waals surface area contributed by atoms with E-state index in [1.54, 1.807) is 24.3 Å². The van der Waals surface area contributed by atoms with Gasteiger partial charge in [-0.05, 0) is 43.3 Å². The third kappa shape index (κ3) is 2.14. The Kier molecular flexibility index (Phi) is 2.53. The normalized spacial score (nSPS) is 15.8. The van der Waals surface area contributed by atoms with Gasteiger partial charge in [0.15, 0.2) is 5.82 Å². The number of hydrogen-bond acceptors (Lipinski definition) is 5. The molecule has 3 rings (SSSR count). The van der Waals surface area contributed by atoms with Crippen LogP contribution in [0.5, 0.6) is 5.75 Å². The van der Waals surface area contributed by atoms with Crippen molar-refractivity contribution in [1.82, 2.24) is 15.5 Å². The van der Waals surface area contributed by atoms with Crippen molar-refractivity contribution in [2.24, 2.45) is 5.92 Å². The van der Waals surface area contributed by atoms with Crippen LogP contribution in [0.3, 0.4) is 0 Å². The fourth-order valence-corrected chi connectivity index (χ4v) is 1.81. The number of rotatable bonds is 3. The number of benzene rings is 1. The molecule has 0 unspecified atom stereocenters. The first-order valence-electron chi connectivity index (χ1n) is 5.64. The van der Waals surface area contributed by atoms with Gasteiger partial charge in [-0.25, -0.2) is 0 Å². The van der Waals surface area contributed by atoms with Crippen molar-refractivity contribution < 1.29 is 9.63 Å². The summed E-state index contributed by atoms with van der Waals surface area (Å²) in [5.41, 5.74) is 0.827. The maximum absolute atomic E-state index is 9.19. The van der Waals surface area contributed by atoms with Crippen LogP contribution in [0.4, 0.5) is 0 Å². The largest absolute Gasteiger partial charge is 0.508 e. The van der Waals surface area contributed by atoms with Crippen LogP contribution in [0.25, 0.3) is 11.5 Å². The Balaban J connectivity index is 1.76. The Bertz CT molecular complexity index is 503. The van der Waals surface area contributed by atoms with Gasteiger partial charge in [0.05, 0.1) is 0 Å². The molecule has 0 saturated carbocycles. The minimum atomic E-state index is 0.231. The second-order valence-corrected chi connectivity index (χ2v) is 4.29. The average Bonchev–Trinajstić information content (AvgIpc) is 2.73.